The molecule has 1 radical (unpaired) electrons. The van der Waals surface area contributed by atoms with Gasteiger partial charge in [0.05, 0.1) is 0 Å². The number of thioether (sulfide) groups is 1. The molecule has 0 bridgehead atoms. The van der Waals surface area contributed by atoms with Crippen LogP contribution in [-0.4, -0.2) is 25.1 Å². The minimum Gasteiger partial charge on any atom is -0.317 e. The molecule has 0 aromatic carbocycles. The van der Waals surface area contributed by atoms with E-state index in [1.165, 1.54) is 12.2 Å². The fourth-order valence-electron chi connectivity index (χ4n) is 0.467. The van der Waals surface area contributed by atoms with Crippen molar-refractivity contribution in [3.8, 4) is 0 Å². The van der Waals surface area contributed by atoms with Crippen molar-refractivity contribution in [2.24, 2.45) is 0 Å². The molecule has 0 amide bonds. The molecule has 0 saturated heterocycles. The Morgan fingerprint density at radius 3 is 2.88 bits per heavy atom. The summed E-state index contributed by atoms with van der Waals surface area (Å²) in [5.74, 6) is 1.26. The third-order valence-electron chi connectivity index (χ3n) is 0.879. The Morgan fingerprint density at radius 2 is 2.38 bits per heavy atom. The normalized spacial score (nSPS) is 9.75. The first kappa shape index (κ1) is 8.31. The van der Waals surface area contributed by atoms with Gasteiger partial charge in [-0.2, -0.15) is 11.8 Å². The second-order valence-corrected chi connectivity index (χ2v) is 2.58. The molecular formula is C6H14NS. The molecule has 0 aliphatic rings. The van der Waals surface area contributed by atoms with E-state index in [1.54, 1.807) is 0 Å². The first-order chi connectivity index (χ1) is 3.91. The standard InChI is InChI=1S/C6H14NS/c1-3-7-5-4-6-8-2/h7H,1,3-6H2,2H3. The van der Waals surface area contributed by atoms with E-state index in [9.17, 15) is 0 Å². The van der Waals surface area contributed by atoms with Gasteiger partial charge in [-0.15, -0.1) is 0 Å². The Balaban J connectivity index is 2.53. The van der Waals surface area contributed by atoms with Crippen molar-refractivity contribution >= 4 is 11.8 Å². The molecule has 0 fully saturated rings. The Kier molecular flexibility index (Phi) is 7.59. The average molecular weight is 132 g/mol. The van der Waals surface area contributed by atoms with Crippen LogP contribution in [0.25, 0.3) is 0 Å². The third-order valence-corrected chi connectivity index (χ3v) is 1.58. The van der Waals surface area contributed by atoms with Gasteiger partial charge in [0, 0.05) is 0 Å². The molecule has 0 saturated carbocycles. The van der Waals surface area contributed by atoms with Crippen LogP contribution in [0.2, 0.25) is 0 Å². The molecule has 1 N–H and O–H groups in total. The highest BCUT2D eigenvalue weighted by molar-refractivity contribution is 7.98. The first-order valence-corrected chi connectivity index (χ1v) is 4.30. The zero-order valence-electron chi connectivity index (χ0n) is 5.44. The highest BCUT2D eigenvalue weighted by atomic mass is 32.2. The average Bonchev–Trinajstić information content (AvgIpc) is 1.81. The van der Waals surface area contributed by atoms with E-state index >= 15 is 0 Å². The lowest BCUT2D eigenvalue weighted by Gasteiger charge is -1.97. The molecule has 0 aromatic heterocycles. The van der Waals surface area contributed by atoms with E-state index in [0.29, 0.717) is 0 Å². The third kappa shape index (κ3) is 6.31. The zero-order valence-corrected chi connectivity index (χ0v) is 6.26. The fraction of sp³-hybridized carbons (Fsp3) is 0.833. The van der Waals surface area contributed by atoms with Crippen LogP contribution in [0.15, 0.2) is 0 Å². The van der Waals surface area contributed by atoms with Gasteiger partial charge in [0.25, 0.3) is 0 Å². The molecule has 0 aliphatic carbocycles. The largest absolute Gasteiger partial charge is 0.317 e. The second-order valence-electron chi connectivity index (χ2n) is 1.60. The smallest absolute Gasteiger partial charge is 0.00411 e. The van der Waals surface area contributed by atoms with Gasteiger partial charge in [-0.05, 0) is 38.4 Å². The SMILES string of the molecule is [CH2]CNCCCSC. The van der Waals surface area contributed by atoms with Gasteiger partial charge in [0.2, 0.25) is 0 Å². The van der Waals surface area contributed by atoms with Crippen LogP contribution >= 0.6 is 11.8 Å². The first-order valence-electron chi connectivity index (χ1n) is 2.90. The number of nitrogens with one attached hydrogen (secondary N) is 1. The molecule has 0 unspecified atom stereocenters. The van der Waals surface area contributed by atoms with Crippen molar-refractivity contribution in [2.75, 3.05) is 25.1 Å². The molecule has 2 heteroatoms. The second kappa shape index (κ2) is 7.31. The summed E-state index contributed by atoms with van der Waals surface area (Å²) in [5, 5.41) is 3.16. The summed E-state index contributed by atoms with van der Waals surface area (Å²) < 4.78 is 0. The van der Waals surface area contributed by atoms with E-state index < -0.39 is 0 Å². The monoisotopic (exact) mass is 132 g/mol. The zero-order chi connectivity index (χ0) is 6.24. The highest BCUT2D eigenvalue weighted by Gasteiger charge is 1.81. The molecule has 0 aliphatic heterocycles. The Labute approximate surface area is 56.2 Å². The molecule has 0 aromatic rings. The van der Waals surface area contributed by atoms with Crippen LogP contribution in [0.1, 0.15) is 6.42 Å². The van der Waals surface area contributed by atoms with Crippen LogP contribution in [0.4, 0.5) is 0 Å². The van der Waals surface area contributed by atoms with E-state index in [1.807, 2.05) is 11.8 Å². The van der Waals surface area contributed by atoms with E-state index in [2.05, 4.69) is 18.5 Å². The summed E-state index contributed by atoms with van der Waals surface area (Å²) in [6.45, 7) is 5.64. The molecule has 0 heterocycles. The maximum Gasteiger partial charge on any atom is -0.00411 e. The van der Waals surface area contributed by atoms with Crippen molar-refractivity contribution < 1.29 is 0 Å². The maximum atomic E-state index is 3.67. The van der Waals surface area contributed by atoms with E-state index in [4.69, 9.17) is 0 Å². The summed E-state index contributed by atoms with van der Waals surface area (Å²) in [4.78, 5) is 0. The number of hydrogen-bond donors (Lipinski definition) is 1. The topological polar surface area (TPSA) is 12.0 Å². The van der Waals surface area contributed by atoms with Crippen molar-refractivity contribution in [2.45, 2.75) is 6.42 Å². The lowest BCUT2D eigenvalue weighted by molar-refractivity contribution is 0.732. The van der Waals surface area contributed by atoms with E-state index in [-0.39, 0.29) is 0 Å². The van der Waals surface area contributed by atoms with Crippen molar-refractivity contribution in [1.82, 2.24) is 5.32 Å². The van der Waals surface area contributed by atoms with Crippen LogP contribution in [0.5, 0.6) is 0 Å². The highest BCUT2D eigenvalue weighted by Crippen LogP contribution is 1.92. The summed E-state index contributed by atoms with van der Waals surface area (Å²) >= 11 is 1.89. The summed E-state index contributed by atoms with van der Waals surface area (Å²) in [6.07, 6.45) is 3.39. The van der Waals surface area contributed by atoms with Gasteiger partial charge in [0.1, 0.15) is 0 Å². The van der Waals surface area contributed by atoms with E-state index in [0.717, 1.165) is 13.1 Å². The number of rotatable bonds is 5. The predicted octanol–water partition coefficient (Wildman–Crippen LogP) is 1.16. The number of hydrogen-bond acceptors (Lipinski definition) is 2. The van der Waals surface area contributed by atoms with Crippen molar-refractivity contribution in [1.29, 1.82) is 0 Å². The van der Waals surface area contributed by atoms with Crippen LogP contribution in [0.3, 0.4) is 0 Å². The lowest BCUT2D eigenvalue weighted by atomic mass is 10.5. The van der Waals surface area contributed by atoms with Gasteiger partial charge in [0.15, 0.2) is 0 Å². The fourth-order valence-corrected chi connectivity index (χ4v) is 0.900. The van der Waals surface area contributed by atoms with Crippen LogP contribution < -0.4 is 5.32 Å². The Morgan fingerprint density at radius 1 is 1.62 bits per heavy atom. The molecule has 0 rings (SSSR count). The molecule has 1 nitrogen and oxygen atoms in total. The Bertz CT molecular complexity index is 33.5. The van der Waals surface area contributed by atoms with Crippen LogP contribution in [0, 0.1) is 6.92 Å². The minimum absolute atomic E-state index is 0.856. The minimum atomic E-state index is 0.856. The van der Waals surface area contributed by atoms with Crippen molar-refractivity contribution in [3.05, 3.63) is 6.92 Å². The van der Waals surface area contributed by atoms with Gasteiger partial charge in [-0.3, -0.25) is 0 Å². The molecule has 0 spiro atoms. The van der Waals surface area contributed by atoms with Gasteiger partial charge in [-0.1, -0.05) is 0 Å². The molecule has 0 atom stereocenters. The van der Waals surface area contributed by atoms with Crippen LogP contribution in [-0.2, 0) is 0 Å². The molecule has 8 heavy (non-hydrogen) atoms. The lowest BCUT2D eigenvalue weighted by Crippen LogP contribution is -2.14. The van der Waals surface area contributed by atoms with Gasteiger partial charge < -0.3 is 5.32 Å². The summed E-state index contributed by atoms with van der Waals surface area (Å²) in [7, 11) is 0. The quantitative estimate of drug-likeness (QED) is 0.563. The summed E-state index contributed by atoms with van der Waals surface area (Å²) in [5.41, 5.74) is 0. The van der Waals surface area contributed by atoms with Crippen molar-refractivity contribution in [3.63, 3.8) is 0 Å². The van der Waals surface area contributed by atoms with Gasteiger partial charge >= 0.3 is 0 Å². The predicted molar refractivity (Wildman–Crippen MR) is 41.2 cm³/mol. The summed E-state index contributed by atoms with van der Waals surface area (Å²) in [6, 6.07) is 0. The molecular weight excluding hydrogens is 118 g/mol. The van der Waals surface area contributed by atoms with Gasteiger partial charge in [-0.25, -0.2) is 0 Å². The Hall–Kier alpha value is 0.310. The maximum absolute atomic E-state index is 3.67. The molecule has 49 valence electrons.